The lowest BCUT2D eigenvalue weighted by molar-refractivity contribution is -0.199. The molecule has 2 atom stereocenters. The first-order valence-corrected chi connectivity index (χ1v) is 3.05. The summed E-state index contributed by atoms with van der Waals surface area (Å²) in [6, 6.07) is 0. The van der Waals surface area contributed by atoms with Crippen LogP contribution in [0.1, 0.15) is 13.8 Å². The molecule has 0 amide bonds. The Kier molecular flexibility index (Phi) is 2.46. The van der Waals surface area contributed by atoms with Gasteiger partial charge in [0.05, 0.1) is 0 Å². The van der Waals surface area contributed by atoms with Crippen LogP contribution >= 0.6 is 0 Å². The van der Waals surface area contributed by atoms with Crippen LogP contribution in [0.5, 0.6) is 0 Å². The molecule has 6 nitrogen and oxygen atoms in total. The van der Waals surface area contributed by atoms with E-state index in [1.54, 1.807) is 0 Å². The Morgan fingerprint density at radius 3 is 1.17 bits per heavy atom. The van der Waals surface area contributed by atoms with Gasteiger partial charge in [-0.25, -0.2) is 9.59 Å². The number of carboxylic acids is 2. The van der Waals surface area contributed by atoms with Crippen LogP contribution in [0, 0.1) is 0 Å². The zero-order chi connectivity index (χ0) is 10.2. The highest BCUT2D eigenvalue weighted by molar-refractivity contribution is 5.89. The third kappa shape index (κ3) is 1.39. The smallest absolute Gasteiger partial charge is 0.339 e. The summed E-state index contributed by atoms with van der Waals surface area (Å²) in [4.78, 5) is 20.6. The minimum absolute atomic E-state index is 0.712. The molecule has 4 N–H and O–H groups in total. The molecule has 0 aromatic carbocycles. The van der Waals surface area contributed by atoms with Gasteiger partial charge in [0.2, 0.25) is 0 Å². The normalized spacial score (nSPS) is 20.7. The van der Waals surface area contributed by atoms with Crippen molar-refractivity contribution in [2.24, 2.45) is 0 Å². The quantitative estimate of drug-likeness (QED) is 0.425. The molecule has 0 aliphatic rings. The lowest BCUT2D eigenvalue weighted by Gasteiger charge is -2.30. The van der Waals surface area contributed by atoms with E-state index in [1.165, 1.54) is 0 Å². The summed E-state index contributed by atoms with van der Waals surface area (Å²) in [5.41, 5.74) is -5.42. The Hall–Kier alpha value is -1.14. The summed E-state index contributed by atoms with van der Waals surface area (Å²) in [7, 11) is 0. The fraction of sp³-hybridized carbons (Fsp3) is 0.667. The Balaban J connectivity index is 5.01. The highest BCUT2D eigenvalue weighted by Gasteiger charge is 2.53. The highest BCUT2D eigenvalue weighted by Crippen LogP contribution is 2.22. The van der Waals surface area contributed by atoms with Crippen LogP contribution in [-0.2, 0) is 9.59 Å². The molecule has 0 heterocycles. The zero-order valence-corrected chi connectivity index (χ0v) is 6.61. The van der Waals surface area contributed by atoms with Crippen molar-refractivity contribution in [3.63, 3.8) is 0 Å². The summed E-state index contributed by atoms with van der Waals surface area (Å²) in [6.07, 6.45) is 0. The first kappa shape index (κ1) is 10.9. The first-order valence-electron chi connectivity index (χ1n) is 3.05. The summed E-state index contributed by atoms with van der Waals surface area (Å²) < 4.78 is 0. The van der Waals surface area contributed by atoms with Gasteiger partial charge in [-0.2, -0.15) is 0 Å². The molecule has 0 aliphatic carbocycles. The van der Waals surface area contributed by atoms with E-state index in [2.05, 4.69) is 0 Å². The standard InChI is InChI=1S/C6H10O6/c1-5(11,3(7)8)6(2,12)4(9)10/h11-12H,1-2H3,(H,7,8)(H,9,10)/t5-,6-/m0/s1. The van der Waals surface area contributed by atoms with Crippen LogP contribution in [0.4, 0.5) is 0 Å². The highest BCUT2D eigenvalue weighted by atomic mass is 16.4. The van der Waals surface area contributed by atoms with E-state index in [1.807, 2.05) is 0 Å². The Bertz CT molecular complexity index is 192. The van der Waals surface area contributed by atoms with Gasteiger partial charge in [0.25, 0.3) is 0 Å². The van der Waals surface area contributed by atoms with E-state index in [4.69, 9.17) is 20.4 Å². The molecule has 0 unspecified atom stereocenters. The number of hydrogen-bond acceptors (Lipinski definition) is 4. The van der Waals surface area contributed by atoms with Gasteiger partial charge in [0, 0.05) is 0 Å². The molecule has 0 saturated heterocycles. The lowest BCUT2D eigenvalue weighted by Crippen LogP contribution is -2.60. The molecule has 0 saturated carbocycles. The fourth-order valence-corrected chi connectivity index (χ4v) is 0.416. The van der Waals surface area contributed by atoms with Crippen LogP contribution in [-0.4, -0.2) is 43.6 Å². The molecule has 0 aromatic heterocycles. The van der Waals surface area contributed by atoms with Crippen molar-refractivity contribution in [1.82, 2.24) is 0 Å². The third-order valence-electron chi connectivity index (χ3n) is 1.78. The number of rotatable bonds is 3. The van der Waals surface area contributed by atoms with E-state index in [0.29, 0.717) is 13.8 Å². The Labute approximate surface area is 68.1 Å². The van der Waals surface area contributed by atoms with Crippen LogP contribution in [0.3, 0.4) is 0 Å². The molecule has 0 aliphatic heterocycles. The number of carbonyl (C=O) groups is 2. The van der Waals surface area contributed by atoms with Gasteiger partial charge in [0.1, 0.15) is 0 Å². The van der Waals surface area contributed by atoms with Gasteiger partial charge in [-0.15, -0.1) is 0 Å². The van der Waals surface area contributed by atoms with Gasteiger partial charge in [-0.3, -0.25) is 0 Å². The second-order valence-corrected chi connectivity index (χ2v) is 2.75. The van der Waals surface area contributed by atoms with E-state index in [-0.39, 0.29) is 0 Å². The van der Waals surface area contributed by atoms with E-state index < -0.39 is 23.1 Å². The van der Waals surface area contributed by atoms with Crippen LogP contribution in [0.2, 0.25) is 0 Å². The summed E-state index contributed by atoms with van der Waals surface area (Å²) in [5.74, 6) is -3.59. The summed E-state index contributed by atoms with van der Waals surface area (Å²) in [5, 5.41) is 34.8. The van der Waals surface area contributed by atoms with Crippen molar-refractivity contribution in [3.05, 3.63) is 0 Å². The maximum atomic E-state index is 10.3. The van der Waals surface area contributed by atoms with Crippen molar-refractivity contribution in [2.75, 3.05) is 0 Å². The minimum Gasteiger partial charge on any atom is -0.479 e. The van der Waals surface area contributed by atoms with Crippen molar-refractivity contribution in [3.8, 4) is 0 Å². The topological polar surface area (TPSA) is 115 Å². The van der Waals surface area contributed by atoms with Gasteiger partial charge in [-0.1, -0.05) is 0 Å². The maximum absolute atomic E-state index is 10.3. The van der Waals surface area contributed by atoms with Gasteiger partial charge in [-0.05, 0) is 13.8 Å². The molecular weight excluding hydrogens is 168 g/mol. The van der Waals surface area contributed by atoms with Gasteiger partial charge < -0.3 is 20.4 Å². The van der Waals surface area contributed by atoms with Crippen molar-refractivity contribution >= 4 is 11.9 Å². The van der Waals surface area contributed by atoms with Crippen LogP contribution in [0.15, 0.2) is 0 Å². The van der Waals surface area contributed by atoms with E-state index in [0.717, 1.165) is 0 Å². The number of hydrogen-bond donors (Lipinski definition) is 4. The predicted octanol–water partition coefficient (Wildman–Crippen LogP) is -1.34. The van der Waals surface area contributed by atoms with Crippen molar-refractivity contribution in [2.45, 2.75) is 25.0 Å². The van der Waals surface area contributed by atoms with E-state index >= 15 is 0 Å². The predicted molar refractivity (Wildman–Crippen MR) is 36.5 cm³/mol. The second kappa shape index (κ2) is 2.72. The summed E-state index contributed by atoms with van der Waals surface area (Å²) in [6.45, 7) is 1.42. The van der Waals surface area contributed by atoms with Crippen LogP contribution in [0.25, 0.3) is 0 Å². The molecule has 0 fully saturated rings. The molecule has 6 heteroatoms. The molecule has 12 heavy (non-hydrogen) atoms. The number of carboxylic acid groups (broad SMARTS) is 2. The van der Waals surface area contributed by atoms with Crippen molar-refractivity contribution < 1.29 is 30.0 Å². The Morgan fingerprint density at radius 2 is 1.08 bits per heavy atom. The number of aliphatic hydroxyl groups is 2. The average molecular weight is 178 g/mol. The van der Waals surface area contributed by atoms with Gasteiger partial charge >= 0.3 is 11.9 Å². The molecule has 0 rings (SSSR count). The van der Waals surface area contributed by atoms with Gasteiger partial charge in [0.15, 0.2) is 11.2 Å². The average Bonchev–Trinajstić information content (AvgIpc) is 1.86. The minimum atomic E-state index is -2.71. The second-order valence-electron chi connectivity index (χ2n) is 2.75. The van der Waals surface area contributed by atoms with E-state index in [9.17, 15) is 9.59 Å². The zero-order valence-electron chi connectivity index (χ0n) is 6.61. The molecule has 0 aromatic rings. The first-order chi connectivity index (χ1) is 5.14. The monoisotopic (exact) mass is 178 g/mol. The molecule has 0 bridgehead atoms. The Morgan fingerprint density at radius 1 is 0.917 bits per heavy atom. The maximum Gasteiger partial charge on any atom is 0.339 e. The molecular formula is C6H10O6. The van der Waals surface area contributed by atoms with Crippen LogP contribution < -0.4 is 0 Å². The SMILES string of the molecule is C[C@](O)(C(=O)O)[C@@](C)(O)C(=O)O. The fourth-order valence-electron chi connectivity index (χ4n) is 0.416. The largest absolute Gasteiger partial charge is 0.479 e. The third-order valence-corrected chi connectivity index (χ3v) is 1.78. The molecule has 70 valence electrons. The molecule has 0 spiro atoms. The number of aliphatic carboxylic acids is 2. The van der Waals surface area contributed by atoms with Crippen molar-refractivity contribution in [1.29, 1.82) is 0 Å². The molecule has 0 radical (unpaired) electrons. The lowest BCUT2D eigenvalue weighted by atomic mass is 9.86. The summed E-state index contributed by atoms with van der Waals surface area (Å²) >= 11 is 0.